The summed E-state index contributed by atoms with van der Waals surface area (Å²) >= 11 is 1.48. The van der Waals surface area contributed by atoms with E-state index in [1.807, 2.05) is 35.8 Å². The summed E-state index contributed by atoms with van der Waals surface area (Å²) in [5.74, 6) is -0.285. The standard InChI is InChI=1S/C23H23N3O3S2/c27-23(24-12-5-13-26-14-11-18-6-1-2-10-22(18)26)19-7-3-9-21(16-19)31(28,29)25-17-20-8-4-15-30-20/h1-4,6-11,14-16,25H,5,12-13,17H2,(H,24,27). The quantitative estimate of drug-likeness (QED) is 0.376. The van der Waals surface area contributed by atoms with Crippen LogP contribution in [0.5, 0.6) is 0 Å². The summed E-state index contributed by atoms with van der Waals surface area (Å²) in [5, 5.41) is 5.96. The molecule has 0 aliphatic rings. The van der Waals surface area contributed by atoms with Crippen molar-refractivity contribution in [2.45, 2.75) is 24.4 Å². The normalized spacial score (nSPS) is 11.6. The molecule has 2 aromatic carbocycles. The lowest BCUT2D eigenvalue weighted by atomic mass is 10.2. The number of nitrogens with zero attached hydrogens (tertiary/aromatic N) is 1. The Hall–Kier alpha value is -2.94. The number of rotatable bonds is 9. The van der Waals surface area contributed by atoms with Gasteiger partial charge in [-0.1, -0.05) is 30.3 Å². The number of thiophene rings is 1. The first-order chi connectivity index (χ1) is 15.0. The fourth-order valence-corrected chi connectivity index (χ4v) is 5.14. The van der Waals surface area contributed by atoms with Crippen LogP contribution in [-0.2, 0) is 23.1 Å². The Bertz CT molecular complexity index is 1280. The van der Waals surface area contributed by atoms with E-state index in [9.17, 15) is 13.2 Å². The van der Waals surface area contributed by atoms with Gasteiger partial charge in [0.05, 0.1) is 4.90 Å². The maximum absolute atomic E-state index is 12.6. The average molecular weight is 454 g/mol. The van der Waals surface area contributed by atoms with Crippen LogP contribution in [0.25, 0.3) is 10.9 Å². The molecule has 2 heterocycles. The van der Waals surface area contributed by atoms with Gasteiger partial charge in [-0.15, -0.1) is 11.3 Å². The van der Waals surface area contributed by atoms with Gasteiger partial charge in [0.15, 0.2) is 0 Å². The summed E-state index contributed by atoms with van der Waals surface area (Å²) in [6, 6.07) is 20.1. The lowest BCUT2D eigenvalue weighted by Crippen LogP contribution is -2.26. The molecule has 0 spiro atoms. The highest BCUT2D eigenvalue weighted by Gasteiger charge is 2.16. The molecule has 6 nitrogen and oxygen atoms in total. The van der Waals surface area contributed by atoms with Crippen LogP contribution in [0.1, 0.15) is 21.7 Å². The zero-order valence-corrected chi connectivity index (χ0v) is 18.5. The van der Waals surface area contributed by atoms with Gasteiger partial charge < -0.3 is 9.88 Å². The number of fused-ring (bicyclic) bond motifs is 1. The number of hydrogen-bond acceptors (Lipinski definition) is 4. The third-order valence-corrected chi connectivity index (χ3v) is 7.24. The van der Waals surface area contributed by atoms with E-state index >= 15 is 0 Å². The molecule has 0 saturated heterocycles. The van der Waals surface area contributed by atoms with E-state index in [4.69, 9.17) is 0 Å². The number of sulfonamides is 1. The Labute approximate surface area is 185 Å². The molecule has 2 aromatic heterocycles. The Balaban J connectivity index is 1.32. The molecule has 0 radical (unpaired) electrons. The van der Waals surface area contributed by atoms with E-state index in [1.54, 1.807) is 12.1 Å². The number of nitrogens with one attached hydrogen (secondary N) is 2. The minimum Gasteiger partial charge on any atom is -0.352 e. The van der Waals surface area contributed by atoms with Crippen molar-refractivity contribution in [1.29, 1.82) is 0 Å². The molecule has 0 atom stereocenters. The van der Waals surface area contributed by atoms with Gasteiger partial charge >= 0.3 is 0 Å². The highest BCUT2D eigenvalue weighted by Crippen LogP contribution is 2.16. The molecule has 160 valence electrons. The van der Waals surface area contributed by atoms with Crippen molar-refractivity contribution < 1.29 is 13.2 Å². The van der Waals surface area contributed by atoms with Crippen LogP contribution in [0, 0.1) is 0 Å². The van der Waals surface area contributed by atoms with Gasteiger partial charge in [-0.25, -0.2) is 13.1 Å². The molecule has 8 heteroatoms. The number of aryl methyl sites for hydroxylation is 1. The third kappa shape index (κ3) is 5.22. The van der Waals surface area contributed by atoms with Gasteiger partial charge in [0, 0.05) is 41.8 Å². The molecule has 0 bridgehead atoms. The van der Waals surface area contributed by atoms with E-state index in [2.05, 4.69) is 32.8 Å². The van der Waals surface area contributed by atoms with E-state index in [-0.39, 0.29) is 17.3 Å². The second kappa shape index (κ2) is 9.47. The predicted octanol–water partition coefficient (Wildman–Crippen LogP) is 4.00. The van der Waals surface area contributed by atoms with Crippen LogP contribution < -0.4 is 10.0 Å². The maximum Gasteiger partial charge on any atom is 0.251 e. The lowest BCUT2D eigenvalue weighted by molar-refractivity contribution is 0.0952. The summed E-state index contributed by atoms with van der Waals surface area (Å²) < 4.78 is 29.9. The highest BCUT2D eigenvalue weighted by atomic mass is 32.2. The molecule has 0 aliphatic carbocycles. The van der Waals surface area contributed by atoms with Gasteiger partial charge in [0.25, 0.3) is 5.91 Å². The number of carbonyl (C=O) groups is 1. The summed E-state index contributed by atoms with van der Waals surface area (Å²) in [5.41, 5.74) is 1.49. The topological polar surface area (TPSA) is 80.2 Å². The molecule has 31 heavy (non-hydrogen) atoms. The fourth-order valence-electron chi connectivity index (χ4n) is 3.36. The first-order valence-corrected chi connectivity index (χ1v) is 12.3. The van der Waals surface area contributed by atoms with E-state index in [1.165, 1.54) is 34.4 Å². The molecule has 4 rings (SSSR count). The van der Waals surface area contributed by atoms with Crippen molar-refractivity contribution in [3.63, 3.8) is 0 Å². The summed E-state index contributed by atoms with van der Waals surface area (Å²) in [6.07, 6.45) is 2.81. The minimum atomic E-state index is -3.69. The molecular formula is C23H23N3O3S2. The van der Waals surface area contributed by atoms with E-state index in [0.29, 0.717) is 12.1 Å². The van der Waals surface area contributed by atoms with Crippen LogP contribution in [0.4, 0.5) is 0 Å². The van der Waals surface area contributed by atoms with Crippen LogP contribution in [-0.4, -0.2) is 25.4 Å². The van der Waals surface area contributed by atoms with Gasteiger partial charge in [-0.2, -0.15) is 0 Å². The summed E-state index contributed by atoms with van der Waals surface area (Å²) in [6.45, 7) is 1.51. The van der Waals surface area contributed by atoms with Gasteiger partial charge in [-0.3, -0.25) is 4.79 Å². The molecule has 0 fully saturated rings. The summed E-state index contributed by atoms with van der Waals surface area (Å²) in [4.78, 5) is 13.5. The van der Waals surface area contributed by atoms with Crippen LogP contribution in [0.15, 0.2) is 83.2 Å². The van der Waals surface area contributed by atoms with Crippen molar-refractivity contribution in [3.8, 4) is 0 Å². The number of amides is 1. The average Bonchev–Trinajstić information content (AvgIpc) is 3.45. The van der Waals surface area contributed by atoms with E-state index in [0.717, 1.165) is 17.8 Å². The molecule has 2 N–H and O–H groups in total. The number of benzene rings is 2. The zero-order valence-electron chi connectivity index (χ0n) is 16.8. The molecular weight excluding hydrogens is 430 g/mol. The SMILES string of the molecule is O=C(NCCCn1ccc2ccccc21)c1cccc(S(=O)(=O)NCc2cccs2)c1. The van der Waals surface area contributed by atoms with Gasteiger partial charge in [0.2, 0.25) is 10.0 Å². The molecule has 1 amide bonds. The number of para-hydroxylation sites is 1. The maximum atomic E-state index is 12.6. The Morgan fingerprint density at radius 3 is 2.71 bits per heavy atom. The monoisotopic (exact) mass is 453 g/mol. The summed E-state index contributed by atoms with van der Waals surface area (Å²) in [7, 11) is -3.69. The Kier molecular flexibility index (Phi) is 6.50. The molecule has 4 aromatic rings. The zero-order chi connectivity index (χ0) is 21.7. The van der Waals surface area contributed by atoms with Crippen LogP contribution in [0.3, 0.4) is 0 Å². The second-order valence-electron chi connectivity index (χ2n) is 7.11. The van der Waals surface area contributed by atoms with E-state index < -0.39 is 10.0 Å². The molecule has 0 saturated carbocycles. The van der Waals surface area contributed by atoms with Crippen LogP contribution >= 0.6 is 11.3 Å². The molecule has 0 unspecified atom stereocenters. The number of hydrogen-bond donors (Lipinski definition) is 2. The third-order valence-electron chi connectivity index (χ3n) is 4.96. The van der Waals surface area contributed by atoms with Gasteiger partial charge in [0.1, 0.15) is 0 Å². The van der Waals surface area contributed by atoms with Crippen molar-refractivity contribution in [1.82, 2.24) is 14.6 Å². The fraction of sp³-hybridized carbons (Fsp3) is 0.174. The number of aromatic nitrogens is 1. The molecule has 0 aliphatic heterocycles. The predicted molar refractivity (Wildman–Crippen MR) is 124 cm³/mol. The van der Waals surface area contributed by atoms with Crippen molar-refractivity contribution in [2.24, 2.45) is 0 Å². The number of carbonyl (C=O) groups excluding carboxylic acids is 1. The van der Waals surface area contributed by atoms with Crippen molar-refractivity contribution in [3.05, 3.63) is 88.7 Å². The van der Waals surface area contributed by atoms with Crippen molar-refractivity contribution >= 4 is 38.2 Å². The first kappa shape index (κ1) is 21.3. The van der Waals surface area contributed by atoms with Gasteiger partial charge in [-0.05, 0) is 53.6 Å². The van der Waals surface area contributed by atoms with Crippen LogP contribution in [0.2, 0.25) is 0 Å². The second-order valence-corrected chi connectivity index (χ2v) is 9.91. The minimum absolute atomic E-state index is 0.0792. The Morgan fingerprint density at radius 1 is 1.00 bits per heavy atom. The Morgan fingerprint density at radius 2 is 1.87 bits per heavy atom. The first-order valence-electron chi connectivity index (χ1n) is 9.97. The largest absolute Gasteiger partial charge is 0.352 e. The lowest BCUT2D eigenvalue weighted by Gasteiger charge is -2.09. The van der Waals surface area contributed by atoms with Crippen molar-refractivity contribution in [2.75, 3.05) is 6.54 Å². The smallest absolute Gasteiger partial charge is 0.251 e. The highest BCUT2D eigenvalue weighted by molar-refractivity contribution is 7.89.